The normalized spacial score (nSPS) is 19.6. The molecule has 1 amide bonds. The molecule has 3 rings (SSSR count). The summed E-state index contributed by atoms with van der Waals surface area (Å²) in [7, 11) is 0. The van der Waals surface area contributed by atoms with E-state index in [9.17, 15) is 18.0 Å². The van der Waals surface area contributed by atoms with Crippen molar-refractivity contribution in [1.29, 1.82) is 0 Å². The Labute approximate surface area is 125 Å². The van der Waals surface area contributed by atoms with Gasteiger partial charge < -0.3 is 9.88 Å². The molecule has 0 radical (unpaired) electrons. The second-order valence-corrected chi connectivity index (χ2v) is 5.66. The van der Waals surface area contributed by atoms with Crippen molar-refractivity contribution < 1.29 is 18.0 Å². The van der Waals surface area contributed by atoms with Crippen LogP contribution in [0, 0.1) is 0 Å². The molecule has 1 aliphatic rings. The zero-order valence-corrected chi connectivity index (χ0v) is 12.1. The molecule has 0 aliphatic carbocycles. The van der Waals surface area contributed by atoms with Gasteiger partial charge in [-0.05, 0) is 44.4 Å². The SMILES string of the molecule is C[C@H]1CCCCN1C(=O)c1ccc2nc(C(F)(F)F)[nH]c2c1. The Bertz CT molecular complexity index is 708. The number of carbonyl (C=O) groups is 1. The smallest absolute Gasteiger partial charge is 0.336 e. The van der Waals surface area contributed by atoms with Gasteiger partial charge >= 0.3 is 6.18 Å². The van der Waals surface area contributed by atoms with Crippen LogP contribution in [0.1, 0.15) is 42.4 Å². The quantitative estimate of drug-likeness (QED) is 0.875. The summed E-state index contributed by atoms with van der Waals surface area (Å²) in [6, 6.07) is 4.58. The Balaban J connectivity index is 1.92. The number of likely N-dealkylation sites (tertiary alicyclic amines) is 1. The van der Waals surface area contributed by atoms with Gasteiger partial charge in [-0.1, -0.05) is 0 Å². The number of piperidine rings is 1. The summed E-state index contributed by atoms with van der Waals surface area (Å²) in [6.07, 6.45) is -1.51. The maximum Gasteiger partial charge on any atom is 0.449 e. The number of hydrogen-bond acceptors (Lipinski definition) is 2. The van der Waals surface area contributed by atoms with E-state index in [1.807, 2.05) is 6.92 Å². The topological polar surface area (TPSA) is 49.0 Å². The lowest BCUT2D eigenvalue weighted by molar-refractivity contribution is -0.144. The summed E-state index contributed by atoms with van der Waals surface area (Å²) in [5.41, 5.74) is 0.817. The first-order valence-electron chi connectivity index (χ1n) is 7.24. The van der Waals surface area contributed by atoms with Crippen LogP contribution in [0.5, 0.6) is 0 Å². The molecular formula is C15H16F3N3O. The Morgan fingerprint density at radius 3 is 2.82 bits per heavy atom. The van der Waals surface area contributed by atoms with Crippen LogP contribution in [0.25, 0.3) is 11.0 Å². The highest BCUT2D eigenvalue weighted by molar-refractivity contribution is 5.97. The van der Waals surface area contributed by atoms with Crippen molar-refractivity contribution in [3.05, 3.63) is 29.6 Å². The minimum absolute atomic E-state index is 0.141. The number of hydrogen-bond donors (Lipinski definition) is 1. The second-order valence-electron chi connectivity index (χ2n) is 5.66. The molecule has 1 fully saturated rings. The monoisotopic (exact) mass is 311 g/mol. The van der Waals surface area contributed by atoms with E-state index in [0.29, 0.717) is 12.1 Å². The maximum absolute atomic E-state index is 12.7. The van der Waals surface area contributed by atoms with Crippen molar-refractivity contribution in [2.24, 2.45) is 0 Å². The van der Waals surface area contributed by atoms with Gasteiger partial charge in [0.05, 0.1) is 11.0 Å². The van der Waals surface area contributed by atoms with E-state index >= 15 is 0 Å². The van der Waals surface area contributed by atoms with E-state index in [1.165, 1.54) is 18.2 Å². The fourth-order valence-electron chi connectivity index (χ4n) is 2.84. The van der Waals surface area contributed by atoms with Gasteiger partial charge in [-0.2, -0.15) is 13.2 Å². The summed E-state index contributed by atoms with van der Waals surface area (Å²) >= 11 is 0. The average Bonchev–Trinajstić information content (AvgIpc) is 2.90. The zero-order valence-electron chi connectivity index (χ0n) is 12.1. The first-order valence-corrected chi connectivity index (χ1v) is 7.24. The Morgan fingerprint density at radius 2 is 2.14 bits per heavy atom. The second kappa shape index (κ2) is 5.30. The molecule has 0 bridgehead atoms. The number of benzene rings is 1. The molecule has 0 saturated carbocycles. The van der Waals surface area contributed by atoms with Crippen molar-refractivity contribution in [3.8, 4) is 0 Å². The van der Waals surface area contributed by atoms with Crippen LogP contribution in [0.4, 0.5) is 13.2 Å². The lowest BCUT2D eigenvalue weighted by Crippen LogP contribution is -2.42. The molecule has 1 aromatic heterocycles. The number of carbonyl (C=O) groups excluding carboxylic acids is 1. The van der Waals surface area contributed by atoms with Crippen LogP contribution >= 0.6 is 0 Å². The average molecular weight is 311 g/mol. The minimum atomic E-state index is -4.52. The zero-order chi connectivity index (χ0) is 15.9. The van der Waals surface area contributed by atoms with Gasteiger partial charge in [0.25, 0.3) is 5.91 Å². The van der Waals surface area contributed by atoms with Crippen LogP contribution in [-0.4, -0.2) is 33.4 Å². The Hall–Kier alpha value is -2.05. The van der Waals surface area contributed by atoms with E-state index in [-0.39, 0.29) is 23.0 Å². The molecule has 1 saturated heterocycles. The highest BCUT2D eigenvalue weighted by atomic mass is 19.4. The molecular weight excluding hydrogens is 295 g/mol. The predicted octanol–water partition coefficient (Wildman–Crippen LogP) is 3.60. The summed E-state index contributed by atoms with van der Waals surface area (Å²) in [5.74, 6) is -1.18. The number of aromatic nitrogens is 2. The van der Waals surface area contributed by atoms with Crippen molar-refractivity contribution >= 4 is 16.9 Å². The fourth-order valence-corrected chi connectivity index (χ4v) is 2.84. The first kappa shape index (κ1) is 14.9. The lowest BCUT2D eigenvalue weighted by atomic mass is 10.0. The maximum atomic E-state index is 12.7. The number of nitrogens with one attached hydrogen (secondary N) is 1. The molecule has 1 N–H and O–H groups in total. The van der Waals surface area contributed by atoms with E-state index in [4.69, 9.17) is 0 Å². The molecule has 2 heterocycles. The molecule has 118 valence electrons. The van der Waals surface area contributed by atoms with Gasteiger partial charge in [0.15, 0.2) is 0 Å². The number of rotatable bonds is 1. The summed E-state index contributed by atoms with van der Waals surface area (Å²) < 4.78 is 38.0. The predicted molar refractivity (Wildman–Crippen MR) is 75.4 cm³/mol. The fraction of sp³-hybridized carbons (Fsp3) is 0.467. The van der Waals surface area contributed by atoms with Crippen molar-refractivity contribution in [2.75, 3.05) is 6.54 Å². The highest BCUT2D eigenvalue weighted by Crippen LogP contribution is 2.29. The number of imidazole rings is 1. The van der Waals surface area contributed by atoms with Gasteiger partial charge in [0, 0.05) is 18.2 Å². The van der Waals surface area contributed by atoms with E-state index in [0.717, 1.165) is 19.3 Å². The summed E-state index contributed by atoms with van der Waals surface area (Å²) in [6.45, 7) is 2.68. The van der Waals surface area contributed by atoms with Gasteiger partial charge in [0.2, 0.25) is 5.82 Å². The molecule has 0 spiro atoms. The highest BCUT2D eigenvalue weighted by Gasteiger charge is 2.35. The number of H-pyrrole nitrogens is 1. The van der Waals surface area contributed by atoms with Gasteiger partial charge in [-0.15, -0.1) is 0 Å². The molecule has 2 aromatic rings. The third-order valence-corrected chi connectivity index (χ3v) is 4.06. The van der Waals surface area contributed by atoms with Crippen molar-refractivity contribution in [1.82, 2.24) is 14.9 Å². The molecule has 4 nitrogen and oxygen atoms in total. The third kappa shape index (κ3) is 2.67. The van der Waals surface area contributed by atoms with Crippen LogP contribution in [0.15, 0.2) is 18.2 Å². The van der Waals surface area contributed by atoms with E-state index < -0.39 is 12.0 Å². The van der Waals surface area contributed by atoms with Gasteiger partial charge in [-0.3, -0.25) is 4.79 Å². The largest absolute Gasteiger partial charge is 0.449 e. The molecule has 1 atom stereocenters. The van der Waals surface area contributed by atoms with E-state index in [1.54, 1.807) is 4.90 Å². The Morgan fingerprint density at radius 1 is 1.36 bits per heavy atom. The van der Waals surface area contributed by atoms with Gasteiger partial charge in [-0.25, -0.2) is 4.98 Å². The lowest BCUT2D eigenvalue weighted by Gasteiger charge is -2.33. The number of aromatic amines is 1. The number of halogens is 3. The van der Waals surface area contributed by atoms with Crippen molar-refractivity contribution in [3.63, 3.8) is 0 Å². The van der Waals surface area contributed by atoms with E-state index in [2.05, 4.69) is 9.97 Å². The number of fused-ring (bicyclic) bond motifs is 1. The summed E-state index contributed by atoms with van der Waals surface area (Å²) in [5, 5.41) is 0. The van der Waals surface area contributed by atoms with Crippen molar-refractivity contribution in [2.45, 2.75) is 38.4 Å². The first-order chi connectivity index (χ1) is 10.4. The molecule has 1 aromatic carbocycles. The van der Waals surface area contributed by atoms with Crippen LogP contribution < -0.4 is 0 Å². The van der Waals surface area contributed by atoms with Gasteiger partial charge in [0.1, 0.15) is 0 Å². The number of amides is 1. The molecule has 0 unspecified atom stereocenters. The third-order valence-electron chi connectivity index (χ3n) is 4.06. The standard InChI is InChI=1S/C15H16F3N3O/c1-9-4-2-3-7-21(9)13(22)10-5-6-11-12(8-10)20-14(19-11)15(16,17)18/h5-6,8-9H,2-4,7H2,1H3,(H,19,20)/t9-/m0/s1. The number of nitrogens with zero attached hydrogens (tertiary/aromatic N) is 2. The molecule has 7 heteroatoms. The molecule has 1 aliphatic heterocycles. The molecule has 22 heavy (non-hydrogen) atoms. The van der Waals surface area contributed by atoms with Crippen LogP contribution in [-0.2, 0) is 6.18 Å². The Kier molecular flexibility index (Phi) is 3.58. The van der Waals surface area contributed by atoms with Crippen LogP contribution in [0.3, 0.4) is 0 Å². The summed E-state index contributed by atoms with van der Waals surface area (Å²) in [4.78, 5) is 20.1. The van der Waals surface area contributed by atoms with Crippen LogP contribution in [0.2, 0.25) is 0 Å². The number of alkyl halides is 3. The minimum Gasteiger partial charge on any atom is -0.336 e.